The molecule has 1 aliphatic heterocycles. The second-order valence-corrected chi connectivity index (χ2v) is 2.61. The maximum Gasteiger partial charge on any atom is 0.658 e. The molecule has 1 aromatic rings. The molecule has 1 heterocycles. The molecule has 1 radical (unpaired) electrons. The van der Waals surface area contributed by atoms with Crippen molar-refractivity contribution in [2.75, 3.05) is 0 Å². The lowest BCUT2D eigenvalue weighted by molar-refractivity contribution is 0.541. The lowest BCUT2D eigenvalue weighted by atomic mass is 10.1. The van der Waals surface area contributed by atoms with Gasteiger partial charge < -0.3 is 9.31 Å². The van der Waals surface area contributed by atoms with Crippen LogP contribution >= 0.6 is 0 Å². The number of benzene rings is 1. The number of hydrogen-bond donors (Lipinski definition) is 0. The van der Waals surface area contributed by atoms with E-state index in [0.29, 0.717) is 0 Å². The van der Waals surface area contributed by atoms with Crippen LogP contribution in [-0.4, -0.2) is 7.69 Å². The summed E-state index contributed by atoms with van der Waals surface area (Å²) >= 11 is 0. The molecular formula is C9H8BO2. The third-order valence-corrected chi connectivity index (χ3v) is 1.74. The Labute approximate surface area is 72.1 Å². The van der Waals surface area contributed by atoms with Crippen LogP contribution in [0.15, 0.2) is 30.9 Å². The van der Waals surface area contributed by atoms with Crippen molar-refractivity contribution in [2.45, 2.75) is 6.42 Å². The fraction of sp³-hybridized carbons (Fsp3) is 0.111. The normalized spacial score (nSPS) is 12.3. The first kappa shape index (κ1) is 7.28. The summed E-state index contributed by atoms with van der Waals surface area (Å²) in [6.45, 7) is 3.67. The van der Waals surface area contributed by atoms with Gasteiger partial charge >= 0.3 is 7.69 Å². The molecule has 0 fully saturated rings. The van der Waals surface area contributed by atoms with Gasteiger partial charge in [0.05, 0.1) is 0 Å². The van der Waals surface area contributed by atoms with E-state index in [1.807, 2.05) is 24.3 Å². The average molecular weight is 159 g/mol. The molecule has 2 rings (SSSR count). The Hall–Kier alpha value is -1.38. The van der Waals surface area contributed by atoms with Crippen molar-refractivity contribution in [2.24, 2.45) is 0 Å². The second-order valence-electron chi connectivity index (χ2n) is 2.61. The minimum atomic E-state index is 0.780. The SMILES string of the molecule is C=CCc1ccc2c(c1)O[B]O2. The van der Waals surface area contributed by atoms with Crippen LogP contribution in [0.4, 0.5) is 0 Å². The molecule has 0 bridgehead atoms. The second kappa shape index (κ2) is 2.93. The van der Waals surface area contributed by atoms with E-state index in [-0.39, 0.29) is 0 Å². The largest absolute Gasteiger partial charge is 0.658 e. The quantitative estimate of drug-likeness (QED) is 0.483. The standard InChI is InChI=1S/C9H8BO2/c1-2-3-7-4-5-8-9(6-7)12-10-11-8/h2,4-6H,1,3H2. The Balaban J connectivity index is 2.32. The Bertz CT molecular complexity index is 309. The number of hydrogen-bond acceptors (Lipinski definition) is 2. The van der Waals surface area contributed by atoms with Crippen LogP contribution in [0.25, 0.3) is 0 Å². The summed E-state index contributed by atoms with van der Waals surface area (Å²) in [6.07, 6.45) is 2.72. The van der Waals surface area contributed by atoms with E-state index in [0.717, 1.165) is 17.9 Å². The Morgan fingerprint density at radius 2 is 2.17 bits per heavy atom. The van der Waals surface area contributed by atoms with Crippen molar-refractivity contribution in [3.63, 3.8) is 0 Å². The molecule has 0 aromatic heterocycles. The highest BCUT2D eigenvalue weighted by molar-refractivity contribution is 6.22. The Kier molecular flexibility index (Phi) is 1.78. The van der Waals surface area contributed by atoms with Gasteiger partial charge in [-0.1, -0.05) is 12.1 Å². The molecule has 0 saturated carbocycles. The molecule has 0 spiro atoms. The maximum absolute atomic E-state index is 5.10. The van der Waals surface area contributed by atoms with E-state index in [1.165, 1.54) is 13.2 Å². The van der Waals surface area contributed by atoms with Crippen LogP contribution in [0.2, 0.25) is 0 Å². The van der Waals surface area contributed by atoms with Crippen molar-refractivity contribution >= 4 is 7.69 Å². The topological polar surface area (TPSA) is 18.5 Å². The van der Waals surface area contributed by atoms with Gasteiger partial charge in [0, 0.05) is 0 Å². The predicted molar refractivity (Wildman–Crippen MR) is 47.4 cm³/mol. The minimum absolute atomic E-state index is 0.780. The van der Waals surface area contributed by atoms with E-state index in [2.05, 4.69) is 6.58 Å². The summed E-state index contributed by atoms with van der Waals surface area (Å²) < 4.78 is 10.2. The van der Waals surface area contributed by atoms with Crippen molar-refractivity contribution in [3.05, 3.63) is 36.4 Å². The summed E-state index contributed by atoms with van der Waals surface area (Å²) in [7, 11) is 1.34. The van der Waals surface area contributed by atoms with Crippen LogP contribution in [0.3, 0.4) is 0 Å². The molecule has 0 saturated heterocycles. The summed E-state index contributed by atoms with van der Waals surface area (Å²) in [4.78, 5) is 0. The third kappa shape index (κ3) is 1.18. The van der Waals surface area contributed by atoms with E-state index in [1.54, 1.807) is 0 Å². The van der Waals surface area contributed by atoms with Gasteiger partial charge in [0.25, 0.3) is 0 Å². The van der Waals surface area contributed by atoms with Crippen LogP contribution in [0.5, 0.6) is 11.5 Å². The average Bonchev–Trinajstić information content (AvgIpc) is 2.51. The molecule has 1 aromatic carbocycles. The van der Waals surface area contributed by atoms with E-state index < -0.39 is 0 Å². The smallest absolute Gasteiger partial charge is 0.524 e. The summed E-state index contributed by atoms with van der Waals surface area (Å²) in [6, 6.07) is 5.86. The van der Waals surface area contributed by atoms with E-state index in [9.17, 15) is 0 Å². The first-order chi connectivity index (χ1) is 5.90. The summed E-state index contributed by atoms with van der Waals surface area (Å²) in [5, 5.41) is 0. The molecule has 12 heavy (non-hydrogen) atoms. The monoisotopic (exact) mass is 159 g/mol. The number of fused-ring (bicyclic) bond motifs is 1. The van der Waals surface area contributed by atoms with Gasteiger partial charge in [-0.25, -0.2) is 0 Å². The van der Waals surface area contributed by atoms with Gasteiger partial charge in [0.15, 0.2) is 0 Å². The molecule has 3 heteroatoms. The summed E-state index contributed by atoms with van der Waals surface area (Å²) in [5.74, 6) is 1.57. The molecule has 0 N–H and O–H groups in total. The van der Waals surface area contributed by atoms with Gasteiger partial charge in [0.2, 0.25) is 0 Å². The number of allylic oxidation sites excluding steroid dienone is 1. The maximum atomic E-state index is 5.10. The Morgan fingerprint density at radius 1 is 1.33 bits per heavy atom. The zero-order chi connectivity index (χ0) is 8.39. The minimum Gasteiger partial charge on any atom is -0.524 e. The van der Waals surface area contributed by atoms with Gasteiger partial charge in [0.1, 0.15) is 11.5 Å². The highest BCUT2D eigenvalue weighted by Gasteiger charge is 2.15. The highest BCUT2D eigenvalue weighted by atomic mass is 16.6. The molecule has 0 atom stereocenters. The number of rotatable bonds is 2. The lowest BCUT2D eigenvalue weighted by Crippen LogP contribution is -1.99. The van der Waals surface area contributed by atoms with Crippen molar-refractivity contribution in [3.8, 4) is 11.5 Å². The zero-order valence-corrected chi connectivity index (χ0v) is 6.62. The molecule has 1 aliphatic rings. The first-order valence-corrected chi connectivity index (χ1v) is 3.79. The highest BCUT2D eigenvalue weighted by Crippen LogP contribution is 2.31. The van der Waals surface area contributed by atoms with Gasteiger partial charge in [-0.3, -0.25) is 0 Å². The molecular weight excluding hydrogens is 151 g/mol. The zero-order valence-electron chi connectivity index (χ0n) is 6.62. The van der Waals surface area contributed by atoms with Gasteiger partial charge in [-0.05, 0) is 24.1 Å². The first-order valence-electron chi connectivity index (χ1n) is 3.79. The molecule has 0 amide bonds. The van der Waals surface area contributed by atoms with Gasteiger partial charge in [-0.15, -0.1) is 6.58 Å². The van der Waals surface area contributed by atoms with E-state index >= 15 is 0 Å². The molecule has 59 valence electrons. The molecule has 2 nitrogen and oxygen atoms in total. The van der Waals surface area contributed by atoms with Gasteiger partial charge in [-0.2, -0.15) is 0 Å². The van der Waals surface area contributed by atoms with Crippen LogP contribution in [0, 0.1) is 0 Å². The van der Waals surface area contributed by atoms with Crippen molar-refractivity contribution in [1.29, 1.82) is 0 Å². The van der Waals surface area contributed by atoms with Crippen LogP contribution in [0.1, 0.15) is 5.56 Å². The fourth-order valence-electron chi connectivity index (χ4n) is 1.16. The third-order valence-electron chi connectivity index (χ3n) is 1.74. The fourth-order valence-corrected chi connectivity index (χ4v) is 1.16. The predicted octanol–water partition coefficient (Wildman–Crippen LogP) is 1.72. The molecule has 0 aliphatic carbocycles. The Morgan fingerprint density at radius 3 is 3.00 bits per heavy atom. The van der Waals surface area contributed by atoms with E-state index in [4.69, 9.17) is 9.31 Å². The summed E-state index contributed by atoms with van der Waals surface area (Å²) in [5.41, 5.74) is 1.18. The van der Waals surface area contributed by atoms with Crippen molar-refractivity contribution < 1.29 is 9.31 Å². The van der Waals surface area contributed by atoms with Crippen LogP contribution in [-0.2, 0) is 6.42 Å². The molecule has 0 unspecified atom stereocenters. The van der Waals surface area contributed by atoms with Crippen molar-refractivity contribution in [1.82, 2.24) is 0 Å². The lowest BCUT2D eigenvalue weighted by Gasteiger charge is -2.00. The van der Waals surface area contributed by atoms with Crippen LogP contribution < -0.4 is 9.31 Å².